The molecule has 1 heterocycles. The minimum absolute atomic E-state index is 0.177. The largest absolute Gasteiger partial charge is 0.481 e. The van der Waals surface area contributed by atoms with Crippen molar-refractivity contribution in [1.29, 1.82) is 0 Å². The average Bonchev–Trinajstić information content (AvgIpc) is 2.67. The lowest BCUT2D eigenvalue weighted by atomic mass is 10.2. The van der Waals surface area contributed by atoms with Crippen LogP contribution in [0.2, 0.25) is 0 Å². The molecule has 132 valence electrons. The lowest BCUT2D eigenvalue weighted by Gasteiger charge is -2.15. The van der Waals surface area contributed by atoms with E-state index < -0.39 is 23.7 Å². The Labute approximate surface area is 149 Å². The number of rotatable bonds is 4. The molecule has 0 aliphatic carbocycles. The van der Waals surface area contributed by atoms with Gasteiger partial charge >= 0.3 is 0 Å². The summed E-state index contributed by atoms with van der Waals surface area (Å²) in [7, 11) is 0. The van der Waals surface area contributed by atoms with E-state index in [-0.39, 0.29) is 5.69 Å². The van der Waals surface area contributed by atoms with E-state index in [2.05, 4.69) is 15.8 Å². The third-order valence-electron chi connectivity index (χ3n) is 3.63. The van der Waals surface area contributed by atoms with Crippen LogP contribution in [0.1, 0.15) is 17.4 Å². The van der Waals surface area contributed by atoms with Gasteiger partial charge in [0.15, 0.2) is 6.10 Å². The molecular formula is C19H16FN3O3. The fourth-order valence-corrected chi connectivity index (χ4v) is 2.25. The lowest BCUT2D eigenvalue weighted by molar-refractivity contribution is -0.128. The number of hydrogen-bond donors (Lipinski definition) is 2. The number of para-hydroxylation sites is 1. The van der Waals surface area contributed by atoms with Crippen LogP contribution in [0.15, 0.2) is 60.7 Å². The highest BCUT2D eigenvalue weighted by Gasteiger charge is 2.16. The van der Waals surface area contributed by atoms with Crippen LogP contribution in [0.5, 0.6) is 5.75 Å². The van der Waals surface area contributed by atoms with Gasteiger partial charge < -0.3 is 4.74 Å². The van der Waals surface area contributed by atoms with Crippen LogP contribution in [-0.4, -0.2) is 22.9 Å². The molecule has 2 N–H and O–H groups in total. The van der Waals surface area contributed by atoms with Crippen molar-refractivity contribution >= 4 is 22.7 Å². The van der Waals surface area contributed by atoms with Crippen LogP contribution >= 0.6 is 0 Å². The predicted octanol–water partition coefficient (Wildman–Crippen LogP) is 2.60. The zero-order chi connectivity index (χ0) is 18.5. The maximum absolute atomic E-state index is 12.9. The van der Waals surface area contributed by atoms with Crippen LogP contribution in [0.25, 0.3) is 10.9 Å². The summed E-state index contributed by atoms with van der Waals surface area (Å²) in [6.07, 6.45) is -0.884. The van der Waals surface area contributed by atoms with Crippen LogP contribution in [0.4, 0.5) is 4.39 Å². The van der Waals surface area contributed by atoms with Crippen molar-refractivity contribution in [3.63, 3.8) is 0 Å². The summed E-state index contributed by atoms with van der Waals surface area (Å²) in [6.45, 7) is 1.51. The fourth-order valence-electron chi connectivity index (χ4n) is 2.25. The SMILES string of the molecule is C[C@@H](Oc1ccc(F)cc1)C(=O)NNC(=O)c1ccc2ccccc2n1. The van der Waals surface area contributed by atoms with Crippen molar-refractivity contribution in [2.75, 3.05) is 0 Å². The number of ether oxygens (including phenoxy) is 1. The number of carbonyl (C=O) groups is 2. The zero-order valence-corrected chi connectivity index (χ0v) is 13.9. The molecule has 7 heteroatoms. The van der Waals surface area contributed by atoms with Gasteiger partial charge in [-0.25, -0.2) is 9.37 Å². The second-order valence-corrected chi connectivity index (χ2v) is 5.55. The molecule has 0 bridgehead atoms. The van der Waals surface area contributed by atoms with Gasteiger partial charge in [-0.05, 0) is 43.3 Å². The summed E-state index contributed by atoms with van der Waals surface area (Å²) >= 11 is 0. The van der Waals surface area contributed by atoms with E-state index >= 15 is 0 Å². The molecule has 0 spiro atoms. The first-order valence-corrected chi connectivity index (χ1v) is 7.91. The number of fused-ring (bicyclic) bond motifs is 1. The molecule has 6 nitrogen and oxygen atoms in total. The molecule has 0 saturated carbocycles. The lowest BCUT2D eigenvalue weighted by Crippen LogP contribution is -2.47. The van der Waals surface area contributed by atoms with Crippen LogP contribution in [0.3, 0.4) is 0 Å². The third kappa shape index (κ3) is 4.13. The number of carbonyl (C=O) groups excluding carboxylic acids is 2. The zero-order valence-electron chi connectivity index (χ0n) is 13.9. The van der Waals surface area contributed by atoms with E-state index in [0.717, 1.165) is 5.39 Å². The number of hydrazine groups is 1. The van der Waals surface area contributed by atoms with Gasteiger partial charge in [0, 0.05) is 5.39 Å². The molecule has 0 radical (unpaired) electrons. The molecule has 3 aromatic rings. The van der Waals surface area contributed by atoms with Gasteiger partial charge in [-0.3, -0.25) is 20.4 Å². The van der Waals surface area contributed by atoms with Gasteiger partial charge in [0.2, 0.25) is 0 Å². The van der Waals surface area contributed by atoms with Gasteiger partial charge in [0.05, 0.1) is 5.52 Å². The summed E-state index contributed by atoms with van der Waals surface area (Å²) in [6, 6.07) is 16.0. The Morgan fingerprint density at radius 3 is 2.50 bits per heavy atom. The minimum atomic E-state index is -0.884. The van der Waals surface area contributed by atoms with Crippen LogP contribution in [-0.2, 0) is 4.79 Å². The quantitative estimate of drug-likeness (QED) is 0.707. The number of amides is 2. The summed E-state index contributed by atoms with van der Waals surface area (Å²) in [4.78, 5) is 28.4. The molecule has 0 aliphatic rings. The fraction of sp³-hybridized carbons (Fsp3) is 0.105. The highest BCUT2D eigenvalue weighted by molar-refractivity contribution is 5.96. The summed E-state index contributed by atoms with van der Waals surface area (Å²) in [5.74, 6) is -1.15. The van der Waals surface area contributed by atoms with Crippen molar-refractivity contribution < 1.29 is 18.7 Å². The van der Waals surface area contributed by atoms with Gasteiger partial charge in [-0.15, -0.1) is 0 Å². The van der Waals surface area contributed by atoms with E-state index in [4.69, 9.17) is 4.74 Å². The molecule has 0 saturated heterocycles. The normalized spacial score (nSPS) is 11.6. The Bertz CT molecular complexity index is 944. The topological polar surface area (TPSA) is 80.3 Å². The number of benzene rings is 2. The van der Waals surface area contributed by atoms with Gasteiger partial charge in [-0.1, -0.05) is 24.3 Å². The molecule has 1 atom stereocenters. The maximum atomic E-state index is 12.9. The molecular weight excluding hydrogens is 337 g/mol. The number of halogens is 1. The number of aromatic nitrogens is 1. The maximum Gasteiger partial charge on any atom is 0.288 e. The van der Waals surface area contributed by atoms with Crippen molar-refractivity contribution in [2.24, 2.45) is 0 Å². The van der Waals surface area contributed by atoms with Gasteiger partial charge in [-0.2, -0.15) is 0 Å². The van der Waals surface area contributed by atoms with Crippen molar-refractivity contribution in [2.45, 2.75) is 13.0 Å². The van der Waals surface area contributed by atoms with Crippen LogP contribution < -0.4 is 15.6 Å². The molecule has 0 aliphatic heterocycles. The van der Waals surface area contributed by atoms with Crippen LogP contribution in [0, 0.1) is 5.82 Å². The molecule has 0 fully saturated rings. The second-order valence-electron chi connectivity index (χ2n) is 5.55. The summed E-state index contributed by atoms with van der Waals surface area (Å²) < 4.78 is 18.2. The summed E-state index contributed by atoms with van der Waals surface area (Å²) in [5, 5.41) is 0.911. The Morgan fingerprint density at radius 1 is 1.00 bits per heavy atom. The van der Waals surface area contributed by atoms with E-state index in [1.165, 1.54) is 31.2 Å². The summed E-state index contributed by atoms with van der Waals surface area (Å²) in [5.41, 5.74) is 5.44. The number of nitrogens with one attached hydrogen (secondary N) is 2. The molecule has 2 aromatic carbocycles. The van der Waals surface area contributed by atoms with Crippen molar-refractivity contribution in [3.05, 3.63) is 72.2 Å². The monoisotopic (exact) mass is 353 g/mol. The molecule has 3 rings (SSSR count). The minimum Gasteiger partial charge on any atom is -0.481 e. The molecule has 2 amide bonds. The Kier molecular flexibility index (Phi) is 5.07. The molecule has 26 heavy (non-hydrogen) atoms. The number of pyridine rings is 1. The molecule has 1 aromatic heterocycles. The highest BCUT2D eigenvalue weighted by Crippen LogP contribution is 2.13. The molecule has 0 unspecified atom stereocenters. The number of hydrogen-bond acceptors (Lipinski definition) is 4. The van der Waals surface area contributed by atoms with Gasteiger partial charge in [0.25, 0.3) is 11.8 Å². The smallest absolute Gasteiger partial charge is 0.288 e. The van der Waals surface area contributed by atoms with E-state index in [0.29, 0.717) is 11.3 Å². The van der Waals surface area contributed by atoms with E-state index in [9.17, 15) is 14.0 Å². The Balaban J connectivity index is 1.57. The first kappa shape index (κ1) is 17.3. The Morgan fingerprint density at radius 2 is 1.73 bits per heavy atom. The predicted molar refractivity (Wildman–Crippen MR) is 93.8 cm³/mol. The van der Waals surface area contributed by atoms with Gasteiger partial charge in [0.1, 0.15) is 17.3 Å². The first-order valence-electron chi connectivity index (χ1n) is 7.91. The van der Waals surface area contributed by atoms with E-state index in [1.807, 2.05) is 18.2 Å². The van der Waals surface area contributed by atoms with Crippen molar-refractivity contribution in [1.82, 2.24) is 15.8 Å². The first-order chi connectivity index (χ1) is 12.5. The third-order valence-corrected chi connectivity index (χ3v) is 3.63. The second kappa shape index (κ2) is 7.60. The number of nitrogens with zero attached hydrogens (tertiary/aromatic N) is 1. The Hall–Kier alpha value is -3.48. The van der Waals surface area contributed by atoms with E-state index in [1.54, 1.807) is 18.2 Å². The van der Waals surface area contributed by atoms with Crippen molar-refractivity contribution in [3.8, 4) is 5.75 Å². The standard InChI is InChI=1S/C19H16FN3O3/c1-12(26-15-9-7-14(20)8-10-15)18(24)22-23-19(25)17-11-6-13-4-2-3-5-16(13)21-17/h2-12H,1H3,(H,22,24)(H,23,25)/t12-/m1/s1. The highest BCUT2D eigenvalue weighted by atomic mass is 19.1. The average molecular weight is 353 g/mol.